The average molecular weight is 278 g/mol. The van der Waals surface area contributed by atoms with E-state index in [1.807, 2.05) is 19.1 Å². The molecule has 4 heteroatoms. The highest BCUT2D eigenvalue weighted by Gasteiger charge is 2.03. The summed E-state index contributed by atoms with van der Waals surface area (Å²) in [6.07, 6.45) is 2.13. The van der Waals surface area contributed by atoms with Gasteiger partial charge in [-0.2, -0.15) is 0 Å². The first-order chi connectivity index (χ1) is 9.77. The summed E-state index contributed by atoms with van der Waals surface area (Å²) in [7, 11) is 0. The number of carbonyl (C=O) groups excluding carboxylic acids is 1. The molecule has 0 aliphatic heterocycles. The monoisotopic (exact) mass is 278 g/mol. The molecule has 0 fully saturated rings. The lowest BCUT2D eigenvalue weighted by atomic mass is 10.1. The van der Waals surface area contributed by atoms with E-state index in [2.05, 4.69) is 29.7 Å². The summed E-state index contributed by atoms with van der Waals surface area (Å²) < 4.78 is 5.45. The smallest absolute Gasteiger partial charge is 0.233 e. The molecule has 1 aromatic carbocycles. The molecule has 112 valence electrons. The molecule has 20 heavy (non-hydrogen) atoms. The van der Waals surface area contributed by atoms with Crippen LogP contribution >= 0.6 is 0 Å². The predicted molar refractivity (Wildman–Crippen MR) is 81.4 cm³/mol. The highest BCUT2D eigenvalue weighted by Crippen LogP contribution is 2.09. The van der Waals surface area contributed by atoms with Crippen LogP contribution in [0.2, 0.25) is 0 Å². The van der Waals surface area contributed by atoms with E-state index in [1.54, 1.807) is 0 Å². The van der Waals surface area contributed by atoms with Crippen molar-refractivity contribution >= 4 is 5.91 Å². The molecule has 0 bridgehead atoms. The maximum Gasteiger partial charge on any atom is 0.233 e. The summed E-state index contributed by atoms with van der Waals surface area (Å²) in [5, 5.41) is 6.07. The molecule has 0 saturated heterocycles. The van der Waals surface area contributed by atoms with Gasteiger partial charge in [-0.15, -0.1) is 0 Å². The van der Waals surface area contributed by atoms with Crippen LogP contribution in [0.3, 0.4) is 0 Å². The second kappa shape index (κ2) is 10.4. The number of nitrogens with one attached hydrogen (secondary N) is 2. The first-order valence-corrected chi connectivity index (χ1v) is 7.39. The lowest BCUT2D eigenvalue weighted by molar-refractivity contribution is -0.120. The van der Waals surface area contributed by atoms with Gasteiger partial charge in [0.15, 0.2) is 0 Å². The maximum absolute atomic E-state index is 11.6. The minimum absolute atomic E-state index is 0.0562. The van der Waals surface area contributed by atoms with E-state index in [9.17, 15) is 4.79 Å². The van der Waals surface area contributed by atoms with Crippen LogP contribution < -0.4 is 10.6 Å². The van der Waals surface area contributed by atoms with Crippen molar-refractivity contribution in [2.45, 2.75) is 39.8 Å². The number of carbonyl (C=O) groups is 1. The van der Waals surface area contributed by atoms with Gasteiger partial charge in [0.25, 0.3) is 0 Å². The summed E-state index contributed by atoms with van der Waals surface area (Å²) in [4.78, 5) is 11.6. The third kappa shape index (κ3) is 6.68. The van der Waals surface area contributed by atoms with Crippen LogP contribution in [-0.2, 0) is 22.7 Å². The van der Waals surface area contributed by atoms with Gasteiger partial charge >= 0.3 is 0 Å². The molecule has 1 aromatic rings. The molecule has 0 radical (unpaired) electrons. The van der Waals surface area contributed by atoms with Crippen molar-refractivity contribution in [2.24, 2.45) is 0 Å². The molecule has 0 spiro atoms. The molecule has 0 unspecified atom stereocenters. The fraction of sp³-hybridized carbons (Fsp3) is 0.562. The number of hydrogen-bond donors (Lipinski definition) is 2. The quantitative estimate of drug-likeness (QED) is 0.645. The molecule has 0 aliphatic carbocycles. The van der Waals surface area contributed by atoms with Crippen LogP contribution in [0.4, 0.5) is 0 Å². The molecule has 0 aromatic heterocycles. The molecular formula is C16H26N2O2. The van der Waals surface area contributed by atoms with Gasteiger partial charge in [0.05, 0.1) is 13.2 Å². The normalized spacial score (nSPS) is 10.5. The van der Waals surface area contributed by atoms with Crippen molar-refractivity contribution in [1.82, 2.24) is 10.6 Å². The number of ether oxygens (including phenoxy) is 1. The van der Waals surface area contributed by atoms with Crippen LogP contribution in [-0.4, -0.2) is 25.6 Å². The van der Waals surface area contributed by atoms with Crippen molar-refractivity contribution in [2.75, 3.05) is 19.7 Å². The van der Waals surface area contributed by atoms with E-state index in [0.717, 1.165) is 19.4 Å². The zero-order chi connectivity index (χ0) is 14.6. The van der Waals surface area contributed by atoms with Crippen LogP contribution in [0, 0.1) is 0 Å². The first kappa shape index (κ1) is 16.7. The molecular weight excluding hydrogens is 252 g/mol. The Balaban J connectivity index is 2.32. The summed E-state index contributed by atoms with van der Waals surface area (Å²) >= 11 is 0. The maximum atomic E-state index is 11.6. The van der Waals surface area contributed by atoms with Crippen molar-refractivity contribution in [3.05, 3.63) is 35.4 Å². The summed E-state index contributed by atoms with van der Waals surface area (Å²) in [6.45, 7) is 7.23. The molecule has 0 saturated carbocycles. The van der Waals surface area contributed by atoms with Crippen LogP contribution in [0.1, 0.15) is 37.8 Å². The highest BCUT2D eigenvalue weighted by atomic mass is 16.5. The third-order valence-electron chi connectivity index (χ3n) is 3.03. The van der Waals surface area contributed by atoms with Crippen LogP contribution in [0.15, 0.2) is 24.3 Å². The van der Waals surface area contributed by atoms with E-state index in [-0.39, 0.29) is 5.91 Å². The number of rotatable bonds is 10. The molecule has 0 atom stereocenters. The first-order valence-electron chi connectivity index (χ1n) is 7.39. The largest absolute Gasteiger partial charge is 0.377 e. The minimum Gasteiger partial charge on any atom is -0.377 e. The standard InChI is InChI=1S/C16H26N2O2/c1-3-5-10-18-16(19)12-17-11-14-8-6-7-9-15(14)13-20-4-2/h6-9,17H,3-5,10-13H2,1-2H3,(H,18,19). The zero-order valence-corrected chi connectivity index (χ0v) is 12.6. The summed E-state index contributed by atoms with van der Waals surface area (Å²) in [5.41, 5.74) is 2.36. The third-order valence-corrected chi connectivity index (χ3v) is 3.03. The molecule has 1 amide bonds. The van der Waals surface area contributed by atoms with E-state index in [0.29, 0.717) is 26.3 Å². The topological polar surface area (TPSA) is 50.4 Å². The Kier molecular flexibility index (Phi) is 8.67. The van der Waals surface area contributed by atoms with Crippen LogP contribution in [0.25, 0.3) is 0 Å². The Labute approximate surface area is 121 Å². The summed E-state index contributed by atoms with van der Waals surface area (Å²) in [5.74, 6) is 0.0562. The SMILES string of the molecule is CCCCNC(=O)CNCc1ccccc1COCC. The number of benzene rings is 1. The number of amides is 1. The highest BCUT2D eigenvalue weighted by molar-refractivity contribution is 5.77. The molecule has 0 aliphatic rings. The van der Waals surface area contributed by atoms with E-state index in [1.165, 1.54) is 11.1 Å². The van der Waals surface area contributed by atoms with Gasteiger partial charge in [0.1, 0.15) is 0 Å². The van der Waals surface area contributed by atoms with Crippen molar-refractivity contribution in [3.8, 4) is 0 Å². The van der Waals surface area contributed by atoms with Gasteiger partial charge in [-0.3, -0.25) is 4.79 Å². The molecule has 1 rings (SSSR count). The van der Waals surface area contributed by atoms with Crippen molar-refractivity contribution in [1.29, 1.82) is 0 Å². The Morgan fingerprint density at radius 2 is 1.95 bits per heavy atom. The van der Waals surface area contributed by atoms with Gasteiger partial charge in [-0.05, 0) is 24.5 Å². The molecule has 0 heterocycles. The lowest BCUT2D eigenvalue weighted by Crippen LogP contribution is -2.34. The van der Waals surface area contributed by atoms with E-state index in [4.69, 9.17) is 4.74 Å². The van der Waals surface area contributed by atoms with Gasteiger partial charge in [0, 0.05) is 19.7 Å². The van der Waals surface area contributed by atoms with Crippen molar-refractivity contribution < 1.29 is 9.53 Å². The Morgan fingerprint density at radius 1 is 1.20 bits per heavy atom. The Morgan fingerprint density at radius 3 is 2.65 bits per heavy atom. The average Bonchev–Trinajstić information content (AvgIpc) is 2.46. The van der Waals surface area contributed by atoms with E-state index >= 15 is 0 Å². The fourth-order valence-corrected chi connectivity index (χ4v) is 1.86. The van der Waals surface area contributed by atoms with Gasteiger partial charge in [-0.25, -0.2) is 0 Å². The predicted octanol–water partition coefficient (Wildman–Crippen LogP) is 2.23. The Bertz CT molecular complexity index is 394. The zero-order valence-electron chi connectivity index (χ0n) is 12.6. The second-order valence-corrected chi connectivity index (χ2v) is 4.71. The van der Waals surface area contributed by atoms with Gasteiger partial charge in [0.2, 0.25) is 5.91 Å². The second-order valence-electron chi connectivity index (χ2n) is 4.71. The van der Waals surface area contributed by atoms with Crippen LogP contribution in [0.5, 0.6) is 0 Å². The molecule has 2 N–H and O–H groups in total. The minimum atomic E-state index is 0.0562. The van der Waals surface area contributed by atoms with E-state index < -0.39 is 0 Å². The molecule has 4 nitrogen and oxygen atoms in total. The number of unbranched alkanes of at least 4 members (excludes halogenated alkanes) is 1. The van der Waals surface area contributed by atoms with Gasteiger partial charge < -0.3 is 15.4 Å². The fourth-order valence-electron chi connectivity index (χ4n) is 1.86. The Hall–Kier alpha value is -1.39. The lowest BCUT2D eigenvalue weighted by Gasteiger charge is -2.10. The number of hydrogen-bond acceptors (Lipinski definition) is 3. The van der Waals surface area contributed by atoms with Gasteiger partial charge in [-0.1, -0.05) is 37.6 Å². The van der Waals surface area contributed by atoms with Crippen molar-refractivity contribution in [3.63, 3.8) is 0 Å². The summed E-state index contributed by atoms with van der Waals surface area (Å²) in [6, 6.07) is 8.15.